The van der Waals surface area contributed by atoms with Crippen molar-refractivity contribution in [3.05, 3.63) is 59.2 Å². The average molecular weight is 312 g/mol. The first-order chi connectivity index (χ1) is 11.1. The van der Waals surface area contributed by atoms with Gasteiger partial charge in [0, 0.05) is 0 Å². The molecule has 0 amide bonds. The van der Waals surface area contributed by atoms with Gasteiger partial charge in [0.25, 0.3) is 0 Å². The second-order valence-corrected chi connectivity index (χ2v) is 4.64. The Morgan fingerprint density at radius 1 is 1.35 bits per heavy atom. The summed E-state index contributed by atoms with van der Waals surface area (Å²) >= 11 is 0. The van der Waals surface area contributed by atoms with Gasteiger partial charge in [0.1, 0.15) is 23.2 Å². The van der Waals surface area contributed by atoms with E-state index in [1.807, 2.05) is 6.07 Å². The molecule has 6 nitrogen and oxygen atoms in total. The van der Waals surface area contributed by atoms with Crippen molar-refractivity contribution in [3.8, 4) is 11.8 Å². The summed E-state index contributed by atoms with van der Waals surface area (Å²) in [4.78, 5) is 15.1. The number of nitrogens with zero attached hydrogens (tertiary/aromatic N) is 2. The van der Waals surface area contributed by atoms with E-state index in [2.05, 4.69) is 4.98 Å². The van der Waals surface area contributed by atoms with Gasteiger partial charge >= 0.3 is 5.97 Å². The number of fused-ring (bicyclic) bond motifs is 1. The SMILES string of the molecule is N#Cc1cc(F)ccc1OCc1nc2ccc(C(=O)O)cc2o1. The van der Waals surface area contributed by atoms with Crippen LogP contribution in [0, 0.1) is 17.1 Å². The largest absolute Gasteiger partial charge is 0.482 e. The number of rotatable bonds is 4. The van der Waals surface area contributed by atoms with Gasteiger partial charge in [-0.2, -0.15) is 5.26 Å². The highest BCUT2D eigenvalue weighted by atomic mass is 19.1. The summed E-state index contributed by atoms with van der Waals surface area (Å²) in [6, 6.07) is 9.76. The Labute approximate surface area is 129 Å². The molecule has 0 radical (unpaired) electrons. The summed E-state index contributed by atoms with van der Waals surface area (Å²) in [6.07, 6.45) is 0. The second kappa shape index (κ2) is 5.77. The summed E-state index contributed by atoms with van der Waals surface area (Å²) < 4.78 is 23.9. The molecule has 0 aliphatic rings. The molecule has 0 unspecified atom stereocenters. The van der Waals surface area contributed by atoms with Crippen molar-refractivity contribution in [1.29, 1.82) is 5.26 Å². The van der Waals surface area contributed by atoms with Crippen molar-refractivity contribution in [3.63, 3.8) is 0 Å². The standard InChI is InChI=1S/C16H9FN2O4/c17-11-2-4-13(10(5-11)7-18)22-8-15-19-12-3-1-9(16(20)21)6-14(12)23-15/h1-6H,8H2,(H,20,21). The van der Waals surface area contributed by atoms with Crippen molar-refractivity contribution >= 4 is 17.1 Å². The van der Waals surface area contributed by atoms with Crippen LogP contribution in [-0.4, -0.2) is 16.1 Å². The van der Waals surface area contributed by atoms with Gasteiger partial charge in [0.15, 0.2) is 12.2 Å². The summed E-state index contributed by atoms with van der Waals surface area (Å²) in [7, 11) is 0. The molecule has 0 spiro atoms. The molecule has 0 aliphatic carbocycles. The van der Waals surface area contributed by atoms with Gasteiger partial charge in [0.2, 0.25) is 5.89 Å². The van der Waals surface area contributed by atoms with E-state index < -0.39 is 11.8 Å². The molecule has 1 N–H and O–H groups in total. The van der Waals surface area contributed by atoms with Crippen LogP contribution in [0.1, 0.15) is 21.8 Å². The zero-order valence-electron chi connectivity index (χ0n) is 11.6. The third-order valence-electron chi connectivity index (χ3n) is 3.09. The lowest BCUT2D eigenvalue weighted by molar-refractivity contribution is 0.0697. The molecule has 1 aromatic heterocycles. The lowest BCUT2D eigenvalue weighted by Crippen LogP contribution is -1.97. The number of benzene rings is 2. The van der Waals surface area contributed by atoms with Crippen LogP contribution in [-0.2, 0) is 6.61 Å². The van der Waals surface area contributed by atoms with Gasteiger partial charge in [-0.25, -0.2) is 14.2 Å². The van der Waals surface area contributed by atoms with Crippen LogP contribution < -0.4 is 4.74 Å². The van der Waals surface area contributed by atoms with Gasteiger partial charge in [-0.1, -0.05) is 0 Å². The van der Waals surface area contributed by atoms with E-state index in [1.54, 1.807) is 0 Å². The number of carbonyl (C=O) groups is 1. The molecule has 0 atom stereocenters. The van der Waals surface area contributed by atoms with E-state index in [-0.39, 0.29) is 29.4 Å². The lowest BCUT2D eigenvalue weighted by atomic mass is 10.2. The predicted molar refractivity (Wildman–Crippen MR) is 76.4 cm³/mol. The van der Waals surface area contributed by atoms with Crippen LogP contribution >= 0.6 is 0 Å². The Kier molecular flexibility index (Phi) is 3.65. The first kappa shape index (κ1) is 14.5. The zero-order valence-corrected chi connectivity index (χ0v) is 11.6. The molecule has 2 aromatic carbocycles. The minimum absolute atomic E-state index is 0.0641. The lowest BCUT2D eigenvalue weighted by Gasteiger charge is -2.05. The molecule has 3 aromatic rings. The average Bonchev–Trinajstić information content (AvgIpc) is 2.95. The number of nitriles is 1. The molecule has 23 heavy (non-hydrogen) atoms. The van der Waals surface area contributed by atoms with Crippen LogP contribution in [0.3, 0.4) is 0 Å². The fraction of sp³-hybridized carbons (Fsp3) is 0.0625. The molecule has 0 bridgehead atoms. The van der Waals surface area contributed by atoms with E-state index in [0.717, 1.165) is 6.07 Å². The van der Waals surface area contributed by atoms with E-state index in [4.69, 9.17) is 19.5 Å². The third-order valence-corrected chi connectivity index (χ3v) is 3.09. The summed E-state index contributed by atoms with van der Waals surface area (Å²) in [5, 5.41) is 17.9. The quantitative estimate of drug-likeness (QED) is 0.795. The number of halogens is 1. The predicted octanol–water partition coefficient (Wildman–Crippen LogP) is 3.12. The van der Waals surface area contributed by atoms with E-state index in [0.29, 0.717) is 11.1 Å². The number of oxazole rings is 1. The topological polar surface area (TPSA) is 96.3 Å². The second-order valence-electron chi connectivity index (χ2n) is 4.64. The highest BCUT2D eigenvalue weighted by molar-refractivity contribution is 5.91. The van der Waals surface area contributed by atoms with Crippen LogP contribution in [0.15, 0.2) is 40.8 Å². The Balaban J connectivity index is 1.82. The molecule has 0 fully saturated rings. The van der Waals surface area contributed by atoms with Crippen molar-refractivity contribution in [2.75, 3.05) is 0 Å². The summed E-state index contributed by atoms with van der Waals surface area (Å²) in [6.45, 7) is -0.0720. The Hall–Kier alpha value is -3.40. The van der Waals surface area contributed by atoms with Crippen molar-refractivity contribution in [2.45, 2.75) is 6.61 Å². The van der Waals surface area contributed by atoms with Crippen LogP contribution in [0.5, 0.6) is 5.75 Å². The first-order valence-electron chi connectivity index (χ1n) is 6.52. The fourth-order valence-electron chi connectivity index (χ4n) is 2.02. The van der Waals surface area contributed by atoms with E-state index in [9.17, 15) is 9.18 Å². The molecule has 0 saturated heterocycles. The summed E-state index contributed by atoms with van der Waals surface area (Å²) in [5.41, 5.74) is 0.969. The van der Waals surface area contributed by atoms with Gasteiger partial charge in [-0.3, -0.25) is 0 Å². The number of aromatic nitrogens is 1. The monoisotopic (exact) mass is 312 g/mol. The smallest absolute Gasteiger partial charge is 0.335 e. The number of carboxylic acid groups (broad SMARTS) is 1. The Morgan fingerprint density at radius 2 is 2.17 bits per heavy atom. The van der Waals surface area contributed by atoms with Gasteiger partial charge in [-0.15, -0.1) is 0 Å². The van der Waals surface area contributed by atoms with Crippen molar-refractivity contribution in [1.82, 2.24) is 4.98 Å². The highest BCUT2D eigenvalue weighted by Gasteiger charge is 2.11. The maximum atomic E-state index is 13.1. The van der Waals surface area contributed by atoms with Gasteiger partial charge < -0.3 is 14.3 Å². The molecule has 1 heterocycles. The first-order valence-corrected chi connectivity index (χ1v) is 6.52. The Bertz CT molecular complexity index is 943. The van der Waals surface area contributed by atoms with Crippen molar-refractivity contribution in [2.24, 2.45) is 0 Å². The third kappa shape index (κ3) is 2.96. The normalized spacial score (nSPS) is 10.4. The Morgan fingerprint density at radius 3 is 2.91 bits per heavy atom. The molecular formula is C16H9FN2O4. The van der Waals surface area contributed by atoms with Crippen molar-refractivity contribution < 1.29 is 23.4 Å². The molecule has 3 rings (SSSR count). The number of ether oxygens (including phenoxy) is 1. The maximum absolute atomic E-state index is 13.1. The molecule has 7 heteroatoms. The molecule has 0 aliphatic heterocycles. The number of aromatic carboxylic acids is 1. The molecular weight excluding hydrogens is 303 g/mol. The summed E-state index contributed by atoms with van der Waals surface area (Å²) in [5.74, 6) is -1.17. The van der Waals surface area contributed by atoms with Gasteiger partial charge in [-0.05, 0) is 36.4 Å². The zero-order chi connectivity index (χ0) is 16.4. The fourth-order valence-corrected chi connectivity index (χ4v) is 2.02. The maximum Gasteiger partial charge on any atom is 0.335 e. The van der Waals surface area contributed by atoms with Crippen LogP contribution in [0.2, 0.25) is 0 Å². The van der Waals surface area contributed by atoms with E-state index >= 15 is 0 Å². The molecule has 114 valence electrons. The van der Waals surface area contributed by atoms with E-state index in [1.165, 1.54) is 30.3 Å². The van der Waals surface area contributed by atoms with Crippen LogP contribution in [0.4, 0.5) is 4.39 Å². The number of hydrogen-bond donors (Lipinski definition) is 1. The highest BCUT2D eigenvalue weighted by Crippen LogP contribution is 2.22. The van der Waals surface area contributed by atoms with Gasteiger partial charge in [0.05, 0.1) is 11.1 Å². The number of carboxylic acids is 1. The minimum atomic E-state index is -1.06. The number of hydrogen-bond acceptors (Lipinski definition) is 5. The molecule has 0 saturated carbocycles. The van der Waals surface area contributed by atoms with Crippen LogP contribution in [0.25, 0.3) is 11.1 Å². The minimum Gasteiger partial charge on any atom is -0.482 e.